The fraction of sp³-hybridized carbons (Fsp3) is 0.375. The van der Waals surface area contributed by atoms with E-state index in [2.05, 4.69) is 39.5 Å². The average Bonchev–Trinajstić information content (AvgIpc) is 2.94. The highest BCUT2D eigenvalue weighted by Gasteiger charge is 2.10. The summed E-state index contributed by atoms with van der Waals surface area (Å²) in [5.41, 5.74) is 2.63. The average molecular weight is 286 g/mol. The number of amides is 1. The smallest absolute Gasteiger partial charge is 0.254 e. The van der Waals surface area contributed by atoms with Gasteiger partial charge in [0.15, 0.2) is 0 Å². The molecule has 0 saturated heterocycles. The van der Waals surface area contributed by atoms with E-state index in [1.807, 2.05) is 25.1 Å². The zero-order valence-electron chi connectivity index (χ0n) is 12.6. The summed E-state index contributed by atoms with van der Waals surface area (Å²) in [5, 5.41) is 9.56. The van der Waals surface area contributed by atoms with E-state index < -0.39 is 0 Å². The number of benzene rings is 1. The molecule has 0 aliphatic heterocycles. The lowest BCUT2D eigenvalue weighted by Crippen LogP contribution is -2.30. The van der Waals surface area contributed by atoms with Crippen LogP contribution in [0.2, 0.25) is 0 Å². The van der Waals surface area contributed by atoms with Crippen LogP contribution in [0, 0.1) is 6.92 Å². The number of aromatic nitrogens is 2. The zero-order chi connectivity index (χ0) is 15.1. The van der Waals surface area contributed by atoms with Gasteiger partial charge in [-0.15, -0.1) is 0 Å². The summed E-state index contributed by atoms with van der Waals surface area (Å²) < 4.78 is 0. The fourth-order valence-corrected chi connectivity index (χ4v) is 2.26. The number of nitrogens with one attached hydrogen (secondary N) is 2. The molecule has 0 saturated carbocycles. The second-order valence-electron chi connectivity index (χ2n) is 4.93. The van der Waals surface area contributed by atoms with Gasteiger partial charge in [-0.1, -0.05) is 18.2 Å². The number of nitrogens with zero attached hydrogens (tertiary/aromatic N) is 2. The van der Waals surface area contributed by atoms with Gasteiger partial charge in [-0.3, -0.25) is 9.89 Å². The summed E-state index contributed by atoms with van der Waals surface area (Å²) >= 11 is 0. The first kappa shape index (κ1) is 15.1. The first-order valence-electron chi connectivity index (χ1n) is 7.30. The number of aryl methyl sites for hydroxylation is 1. The first-order valence-corrected chi connectivity index (χ1v) is 7.30. The Hall–Kier alpha value is -2.30. The minimum absolute atomic E-state index is 0.0657. The molecule has 0 aliphatic rings. The molecule has 5 nitrogen and oxygen atoms in total. The third kappa shape index (κ3) is 4.08. The molecule has 2 aromatic rings. The summed E-state index contributed by atoms with van der Waals surface area (Å²) in [7, 11) is 0. The Kier molecular flexibility index (Phi) is 5.37. The van der Waals surface area contributed by atoms with Gasteiger partial charge in [-0.25, -0.2) is 0 Å². The Morgan fingerprint density at radius 2 is 2.10 bits per heavy atom. The Labute approximate surface area is 125 Å². The lowest BCUT2D eigenvalue weighted by atomic mass is 10.2. The fourth-order valence-electron chi connectivity index (χ4n) is 2.26. The van der Waals surface area contributed by atoms with Crippen LogP contribution >= 0.6 is 0 Å². The maximum absolute atomic E-state index is 11.9. The van der Waals surface area contributed by atoms with Crippen molar-refractivity contribution in [2.24, 2.45) is 0 Å². The molecule has 0 radical (unpaired) electrons. The molecule has 0 bridgehead atoms. The predicted octanol–water partition coefficient (Wildman–Crippen LogP) is 2.36. The van der Waals surface area contributed by atoms with E-state index in [1.165, 1.54) is 5.69 Å². The Morgan fingerprint density at radius 1 is 1.33 bits per heavy atom. The number of H-pyrrole nitrogens is 1. The van der Waals surface area contributed by atoms with Crippen LogP contribution in [0.4, 0.5) is 5.69 Å². The summed E-state index contributed by atoms with van der Waals surface area (Å²) in [5.74, 6) is -0.0657. The number of rotatable bonds is 7. The molecular weight excluding hydrogens is 264 g/mol. The zero-order valence-corrected chi connectivity index (χ0v) is 12.6. The number of anilines is 1. The molecule has 2 N–H and O–H groups in total. The number of hydrogen-bond acceptors (Lipinski definition) is 3. The molecule has 21 heavy (non-hydrogen) atoms. The molecule has 5 heteroatoms. The third-order valence-corrected chi connectivity index (χ3v) is 3.47. The summed E-state index contributed by atoms with van der Waals surface area (Å²) in [6.07, 6.45) is 2.47. The van der Waals surface area contributed by atoms with Crippen LogP contribution in [0.3, 0.4) is 0 Å². The summed E-state index contributed by atoms with van der Waals surface area (Å²) in [6, 6.07) is 10.3. The normalized spacial score (nSPS) is 10.4. The maximum atomic E-state index is 11.9. The van der Waals surface area contributed by atoms with Crippen LogP contribution in [0.15, 0.2) is 36.5 Å². The van der Waals surface area contributed by atoms with E-state index in [4.69, 9.17) is 0 Å². The molecule has 1 heterocycles. The predicted molar refractivity (Wildman–Crippen MR) is 84.6 cm³/mol. The van der Waals surface area contributed by atoms with E-state index in [0.29, 0.717) is 12.1 Å². The molecular formula is C16H22N4O. The minimum atomic E-state index is -0.0657. The van der Waals surface area contributed by atoms with Gasteiger partial charge in [0.1, 0.15) is 0 Å². The van der Waals surface area contributed by atoms with Crippen molar-refractivity contribution in [1.82, 2.24) is 15.5 Å². The van der Waals surface area contributed by atoms with Gasteiger partial charge in [-0.2, -0.15) is 5.10 Å². The van der Waals surface area contributed by atoms with Crippen LogP contribution in [0.25, 0.3) is 0 Å². The SMILES string of the molecule is CCN(CCCNC(=O)c1cn[nH]c1C)c1ccccc1. The lowest BCUT2D eigenvalue weighted by molar-refractivity contribution is 0.0953. The summed E-state index contributed by atoms with van der Waals surface area (Å²) in [6.45, 7) is 6.52. The molecule has 0 aliphatic carbocycles. The van der Waals surface area contributed by atoms with Crippen molar-refractivity contribution < 1.29 is 4.79 Å². The van der Waals surface area contributed by atoms with Crippen LogP contribution in [0.5, 0.6) is 0 Å². The van der Waals surface area contributed by atoms with Crippen molar-refractivity contribution in [1.29, 1.82) is 0 Å². The summed E-state index contributed by atoms with van der Waals surface area (Å²) in [4.78, 5) is 14.2. The molecule has 0 fully saturated rings. The molecule has 1 amide bonds. The van der Waals surface area contributed by atoms with Gasteiger partial charge in [0.05, 0.1) is 11.8 Å². The standard InChI is InChI=1S/C16H22N4O/c1-3-20(14-8-5-4-6-9-14)11-7-10-17-16(21)15-12-18-19-13(15)2/h4-6,8-9,12H,3,7,10-11H2,1-2H3,(H,17,21)(H,18,19). The molecule has 2 rings (SSSR count). The van der Waals surface area contributed by atoms with E-state index >= 15 is 0 Å². The molecule has 0 spiro atoms. The van der Waals surface area contributed by atoms with Crippen molar-refractivity contribution in [3.8, 4) is 0 Å². The van der Waals surface area contributed by atoms with Crippen molar-refractivity contribution in [2.75, 3.05) is 24.5 Å². The highest BCUT2D eigenvalue weighted by molar-refractivity contribution is 5.94. The van der Waals surface area contributed by atoms with E-state index in [1.54, 1.807) is 6.20 Å². The van der Waals surface area contributed by atoms with Crippen LogP contribution < -0.4 is 10.2 Å². The minimum Gasteiger partial charge on any atom is -0.372 e. The molecule has 1 aromatic carbocycles. The molecule has 112 valence electrons. The highest BCUT2D eigenvalue weighted by atomic mass is 16.1. The quantitative estimate of drug-likeness (QED) is 0.768. The number of aromatic amines is 1. The Balaban J connectivity index is 1.76. The monoisotopic (exact) mass is 286 g/mol. The van der Waals surface area contributed by atoms with Gasteiger partial charge in [0.25, 0.3) is 5.91 Å². The highest BCUT2D eigenvalue weighted by Crippen LogP contribution is 2.12. The van der Waals surface area contributed by atoms with Crippen molar-refractivity contribution in [2.45, 2.75) is 20.3 Å². The first-order chi connectivity index (χ1) is 10.2. The molecule has 0 unspecified atom stereocenters. The van der Waals surface area contributed by atoms with Crippen LogP contribution in [-0.4, -0.2) is 35.7 Å². The largest absolute Gasteiger partial charge is 0.372 e. The van der Waals surface area contributed by atoms with Crippen molar-refractivity contribution in [3.05, 3.63) is 47.8 Å². The van der Waals surface area contributed by atoms with Crippen molar-refractivity contribution >= 4 is 11.6 Å². The van der Waals surface area contributed by atoms with Gasteiger partial charge in [0, 0.05) is 31.0 Å². The van der Waals surface area contributed by atoms with Crippen LogP contribution in [-0.2, 0) is 0 Å². The second kappa shape index (κ2) is 7.47. The van der Waals surface area contributed by atoms with Gasteiger partial charge >= 0.3 is 0 Å². The molecule has 0 atom stereocenters. The Bertz CT molecular complexity index is 565. The third-order valence-electron chi connectivity index (χ3n) is 3.47. The number of carbonyl (C=O) groups excluding carboxylic acids is 1. The second-order valence-corrected chi connectivity index (χ2v) is 4.93. The van der Waals surface area contributed by atoms with E-state index in [-0.39, 0.29) is 5.91 Å². The number of carbonyl (C=O) groups is 1. The topological polar surface area (TPSA) is 61.0 Å². The maximum Gasteiger partial charge on any atom is 0.254 e. The van der Waals surface area contributed by atoms with Gasteiger partial charge in [0.2, 0.25) is 0 Å². The lowest BCUT2D eigenvalue weighted by Gasteiger charge is -2.23. The van der Waals surface area contributed by atoms with Gasteiger partial charge < -0.3 is 10.2 Å². The number of hydrogen-bond donors (Lipinski definition) is 2. The Morgan fingerprint density at radius 3 is 2.71 bits per heavy atom. The molecule has 1 aromatic heterocycles. The van der Waals surface area contributed by atoms with E-state index in [9.17, 15) is 4.79 Å². The van der Waals surface area contributed by atoms with Gasteiger partial charge in [-0.05, 0) is 32.4 Å². The van der Waals surface area contributed by atoms with Crippen LogP contribution in [0.1, 0.15) is 29.4 Å². The van der Waals surface area contributed by atoms with Crippen molar-refractivity contribution in [3.63, 3.8) is 0 Å². The van der Waals surface area contributed by atoms with E-state index in [0.717, 1.165) is 25.2 Å². The number of para-hydroxylation sites is 1.